The molecule has 1 saturated heterocycles. The average molecular weight is 581 g/mol. The normalized spacial score (nSPS) is 14.9. The van der Waals surface area contributed by atoms with Gasteiger partial charge in [-0.3, -0.25) is 4.68 Å². The van der Waals surface area contributed by atoms with Gasteiger partial charge < -0.3 is 39.3 Å². The third-order valence-electron chi connectivity index (χ3n) is 6.42. The first-order valence-electron chi connectivity index (χ1n) is 12.0. The van der Waals surface area contributed by atoms with E-state index in [1.54, 1.807) is 4.90 Å². The van der Waals surface area contributed by atoms with E-state index in [4.69, 9.17) is 10.5 Å². The fourth-order valence-electron chi connectivity index (χ4n) is 4.82. The van der Waals surface area contributed by atoms with Crippen LogP contribution in [0.2, 0.25) is 0 Å². The highest BCUT2D eigenvalue weighted by atomic mass is 127. The first-order chi connectivity index (χ1) is 15.8. The molecule has 0 saturated carbocycles. The lowest BCUT2D eigenvalue weighted by atomic mass is 10.1. The lowest BCUT2D eigenvalue weighted by molar-refractivity contribution is -0.676. The monoisotopic (exact) mass is 580 g/mol. The van der Waals surface area contributed by atoms with E-state index in [2.05, 4.69) is 57.2 Å². The van der Waals surface area contributed by atoms with Crippen LogP contribution in [0.25, 0.3) is 22.2 Å². The van der Waals surface area contributed by atoms with E-state index in [1.807, 2.05) is 27.0 Å². The summed E-state index contributed by atoms with van der Waals surface area (Å²) in [4.78, 5) is 14.1. The van der Waals surface area contributed by atoms with E-state index < -0.39 is 5.60 Å². The molecule has 1 fully saturated rings. The zero-order chi connectivity index (χ0) is 23.8. The van der Waals surface area contributed by atoms with Crippen LogP contribution in [0.5, 0.6) is 0 Å². The fraction of sp³-hybridized carbons (Fsp3) is 0.560. The van der Waals surface area contributed by atoms with Gasteiger partial charge in [0, 0.05) is 24.8 Å². The minimum atomic E-state index is -0.467. The van der Waals surface area contributed by atoms with Crippen LogP contribution in [-0.4, -0.2) is 44.0 Å². The van der Waals surface area contributed by atoms with Crippen LogP contribution >= 0.6 is 0 Å². The summed E-state index contributed by atoms with van der Waals surface area (Å²) in [6.45, 7) is 13.7. The third kappa shape index (κ3) is 5.25. The van der Waals surface area contributed by atoms with Crippen LogP contribution in [0, 0.1) is 0 Å². The van der Waals surface area contributed by atoms with Gasteiger partial charge in [0.15, 0.2) is 11.0 Å². The number of nitrogens with two attached hydrogens (primary N) is 1. The lowest BCUT2D eigenvalue weighted by Gasteiger charge is -2.33. The highest BCUT2D eigenvalue weighted by Gasteiger charge is 2.28. The minimum absolute atomic E-state index is 0. The number of hydrogen-bond acceptors (Lipinski definition) is 4. The topological polar surface area (TPSA) is 82.2 Å². The Morgan fingerprint density at radius 2 is 1.91 bits per heavy atom. The van der Waals surface area contributed by atoms with E-state index >= 15 is 0 Å². The van der Waals surface area contributed by atoms with Gasteiger partial charge >= 0.3 is 6.09 Å². The average Bonchev–Trinajstić information content (AvgIpc) is 3.39. The predicted octanol–water partition coefficient (Wildman–Crippen LogP) is 0.867. The molecule has 8 nitrogen and oxygen atoms in total. The van der Waals surface area contributed by atoms with Gasteiger partial charge in [-0.25, -0.2) is 13.9 Å². The number of carbonyl (C=O) groups excluding carboxylic acids is 1. The van der Waals surface area contributed by atoms with Crippen LogP contribution < -0.4 is 34.3 Å². The summed E-state index contributed by atoms with van der Waals surface area (Å²) in [7, 11) is 0. The van der Waals surface area contributed by atoms with Gasteiger partial charge in [-0.05, 0) is 71.2 Å². The summed E-state index contributed by atoms with van der Waals surface area (Å²) >= 11 is 0. The Morgan fingerprint density at radius 3 is 2.50 bits per heavy atom. The number of aryl methyl sites for hydroxylation is 2. The molecular formula is C25H37IN6O2. The van der Waals surface area contributed by atoms with E-state index in [0.717, 1.165) is 42.9 Å². The Hall–Kier alpha value is -2.14. The molecule has 1 amide bonds. The molecular weight excluding hydrogens is 543 g/mol. The van der Waals surface area contributed by atoms with Crippen molar-refractivity contribution in [2.75, 3.05) is 13.1 Å². The van der Waals surface area contributed by atoms with Crippen molar-refractivity contribution in [2.45, 2.75) is 78.7 Å². The van der Waals surface area contributed by atoms with Crippen molar-refractivity contribution < 1.29 is 38.1 Å². The van der Waals surface area contributed by atoms with Gasteiger partial charge in [-0.15, -0.1) is 0 Å². The van der Waals surface area contributed by atoms with Crippen LogP contribution in [0.1, 0.15) is 59.3 Å². The van der Waals surface area contributed by atoms with Crippen molar-refractivity contribution in [3.05, 3.63) is 36.4 Å². The molecule has 0 unspecified atom stereocenters. The van der Waals surface area contributed by atoms with Crippen LogP contribution in [-0.2, 0) is 24.4 Å². The number of rotatable bonds is 5. The van der Waals surface area contributed by atoms with Gasteiger partial charge in [-0.2, -0.15) is 5.10 Å². The summed E-state index contributed by atoms with van der Waals surface area (Å²) < 4.78 is 12.2. The molecule has 2 aromatic heterocycles. The lowest BCUT2D eigenvalue weighted by Crippen LogP contribution is -3.00. The van der Waals surface area contributed by atoms with E-state index in [0.29, 0.717) is 19.6 Å². The van der Waals surface area contributed by atoms with Crippen molar-refractivity contribution in [2.24, 2.45) is 5.73 Å². The molecule has 1 aliphatic heterocycles. The quantitative estimate of drug-likeness (QED) is 0.359. The molecule has 1 aliphatic rings. The Bertz CT molecular complexity index is 1140. The number of carbonyl (C=O) groups is 1. The number of imidazole rings is 1. The predicted molar refractivity (Wildman–Crippen MR) is 129 cm³/mol. The zero-order valence-corrected chi connectivity index (χ0v) is 23.1. The Morgan fingerprint density at radius 1 is 1.21 bits per heavy atom. The molecule has 3 heterocycles. The Balaban J connectivity index is 0.00000324. The highest BCUT2D eigenvalue weighted by Crippen LogP contribution is 2.28. The van der Waals surface area contributed by atoms with Crippen molar-refractivity contribution in [1.29, 1.82) is 0 Å². The van der Waals surface area contributed by atoms with Crippen LogP contribution in [0.3, 0.4) is 0 Å². The molecule has 1 aromatic carbocycles. The number of likely N-dealkylation sites (tertiary alicyclic amines) is 1. The van der Waals surface area contributed by atoms with E-state index in [-0.39, 0.29) is 36.1 Å². The number of aromatic nitrogens is 4. The van der Waals surface area contributed by atoms with Crippen molar-refractivity contribution >= 4 is 17.1 Å². The molecule has 3 aromatic rings. The molecule has 186 valence electrons. The molecule has 0 atom stereocenters. The molecule has 0 spiro atoms. The zero-order valence-electron chi connectivity index (χ0n) is 20.9. The summed E-state index contributed by atoms with van der Waals surface area (Å²) in [5.41, 5.74) is 10.3. The molecule has 2 N–H and O–H groups in total. The summed E-state index contributed by atoms with van der Waals surface area (Å²) in [6.07, 6.45) is 5.59. The Labute approximate surface area is 219 Å². The summed E-state index contributed by atoms with van der Waals surface area (Å²) in [5, 5.41) is 4.67. The molecule has 0 aliphatic carbocycles. The number of ether oxygens (including phenoxy) is 1. The maximum atomic E-state index is 12.3. The van der Waals surface area contributed by atoms with Crippen molar-refractivity contribution in [1.82, 2.24) is 19.2 Å². The second-order valence-electron chi connectivity index (χ2n) is 9.72. The largest absolute Gasteiger partial charge is 1.00 e. The first kappa shape index (κ1) is 26.5. The standard InChI is InChI=1S/C25H37N6O2.HI/c1-6-29-21-9-8-18(14-22(21)30(7-2)23(29)15-26)19-16-27-31(17-19)20-10-12-28(13-11-20)24(32)33-25(3,4)5;/h8-9,14,16-17,20H,6-7,10-13,15,26H2,1-5H3;1H/q+1;/p-1. The molecule has 34 heavy (non-hydrogen) atoms. The van der Waals surface area contributed by atoms with Gasteiger partial charge in [-0.1, -0.05) is 0 Å². The van der Waals surface area contributed by atoms with Crippen molar-refractivity contribution in [3.63, 3.8) is 0 Å². The second-order valence-corrected chi connectivity index (χ2v) is 9.72. The number of nitrogens with zero attached hydrogens (tertiary/aromatic N) is 5. The van der Waals surface area contributed by atoms with E-state index in [1.165, 1.54) is 11.0 Å². The van der Waals surface area contributed by atoms with Crippen molar-refractivity contribution in [3.8, 4) is 11.1 Å². The molecule has 4 rings (SSSR count). The number of halogens is 1. The van der Waals surface area contributed by atoms with Crippen LogP contribution in [0.15, 0.2) is 30.6 Å². The molecule has 9 heteroatoms. The smallest absolute Gasteiger partial charge is 0.410 e. The van der Waals surface area contributed by atoms with Crippen LogP contribution in [0.4, 0.5) is 4.79 Å². The summed E-state index contributed by atoms with van der Waals surface area (Å²) in [6, 6.07) is 6.89. The third-order valence-corrected chi connectivity index (χ3v) is 6.42. The molecule has 0 radical (unpaired) electrons. The maximum Gasteiger partial charge on any atom is 0.410 e. The number of amides is 1. The number of piperidine rings is 1. The highest BCUT2D eigenvalue weighted by molar-refractivity contribution is 5.80. The molecule has 0 bridgehead atoms. The Kier molecular flexibility index (Phi) is 8.28. The number of fused-ring (bicyclic) bond motifs is 1. The first-order valence-corrected chi connectivity index (χ1v) is 12.0. The van der Waals surface area contributed by atoms with Gasteiger partial charge in [0.05, 0.1) is 31.9 Å². The minimum Gasteiger partial charge on any atom is -1.00 e. The second kappa shape index (κ2) is 10.6. The van der Waals surface area contributed by atoms with Gasteiger partial charge in [0.25, 0.3) is 5.82 Å². The summed E-state index contributed by atoms with van der Waals surface area (Å²) in [5.74, 6) is 1.15. The van der Waals surface area contributed by atoms with Gasteiger partial charge in [0.1, 0.15) is 5.60 Å². The SMILES string of the molecule is CCn1c(CN)[n+](CC)c2ccc(-c3cnn(C4CCN(C(=O)OC(C)(C)C)CC4)c3)cc21.[I-]. The number of benzene rings is 1. The fourth-order valence-corrected chi connectivity index (χ4v) is 4.82. The maximum absolute atomic E-state index is 12.3. The number of hydrogen-bond donors (Lipinski definition) is 1. The van der Waals surface area contributed by atoms with Gasteiger partial charge in [0.2, 0.25) is 0 Å². The van der Waals surface area contributed by atoms with E-state index in [9.17, 15) is 4.79 Å².